The molecular weight excluding hydrogens is 322 g/mol. The summed E-state index contributed by atoms with van der Waals surface area (Å²) in [6.07, 6.45) is 7.41. The summed E-state index contributed by atoms with van der Waals surface area (Å²) in [5, 5.41) is 7.24. The predicted octanol–water partition coefficient (Wildman–Crippen LogP) is -0.323. The van der Waals surface area contributed by atoms with Crippen LogP contribution < -0.4 is 16.0 Å². The summed E-state index contributed by atoms with van der Waals surface area (Å²) in [6.45, 7) is 4.39. The summed E-state index contributed by atoms with van der Waals surface area (Å²) in [5.41, 5.74) is 0. The van der Waals surface area contributed by atoms with Crippen LogP contribution in [-0.2, 0) is 19.2 Å². The largest absolute Gasteiger partial charge is 0.360 e. The summed E-state index contributed by atoms with van der Waals surface area (Å²) in [5.74, 6) is 11.9. The van der Waals surface area contributed by atoms with Crippen LogP contribution >= 0.6 is 0 Å². The number of rotatable bonds is 2. The van der Waals surface area contributed by atoms with Crippen LogP contribution in [0.15, 0.2) is 0 Å². The minimum Gasteiger partial charge on any atom is -0.360 e. The SMILES string of the molecule is C#CC#CC#C[CH-]CC(=O)NC.CC=O.CNC(C)=O.CNC(C)=O. The molecule has 0 aromatic heterocycles. The first kappa shape index (κ1) is 29.6. The van der Waals surface area contributed by atoms with Gasteiger partial charge in [-0.1, -0.05) is 0 Å². The van der Waals surface area contributed by atoms with Crippen molar-refractivity contribution in [1.29, 1.82) is 0 Å². The highest BCUT2D eigenvalue weighted by atomic mass is 16.2. The van der Waals surface area contributed by atoms with E-state index in [9.17, 15) is 14.4 Å². The van der Waals surface area contributed by atoms with Crippen LogP contribution in [-0.4, -0.2) is 45.2 Å². The van der Waals surface area contributed by atoms with Crippen LogP contribution in [0.1, 0.15) is 27.2 Å². The number of hydrogen-bond acceptors (Lipinski definition) is 4. The van der Waals surface area contributed by atoms with Crippen molar-refractivity contribution >= 4 is 24.0 Å². The minimum absolute atomic E-state index is 0.00463. The summed E-state index contributed by atoms with van der Waals surface area (Å²) < 4.78 is 0. The molecule has 7 heteroatoms. The third kappa shape index (κ3) is 63.4. The predicted molar refractivity (Wildman–Crippen MR) is 98.6 cm³/mol. The molecule has 7 nitrogen and oxygen atoms in total. The number of carbonyl (C=O) groups excluding carboxylic acids is 4. The van der Waals surface area contributed by atoms with Crippen LogP contribution in [0.5, 0.6) is 0 Å². The number of aldehydes is 1. The maximum absolute atomic E-state index is 10.6. The van der Waals surface area contributed by atoms with Crippen molar-refractivity contribution in [2.24, 2.45) is 0 Å². The number of hydrogen-bond donors (Lipinski definition) is 3. The summed E-state index contributed by atoms with van der Waals surface area (Å²) in [7, 11) is 4.77. The normalized spacial score (nSPS) is 6.12. The molecule has 0 saturated carbocycles. The molecule has 0 aliphatic carbocycles. The van der Waals surface area contributed by atoms with Crippen LogP contribution in [0.2, 0.25) is 0 Å². The van der Waals surface area contributed by atoms with Gasteiger partial charge in [-0.15, -0.1) is 12.3 Å². The zero-order valence-electron chi connectivity index (χ0n) is 15.6. The molecule has 3 N–H and O–H groups in total. The van der Waals surface area contributed by atoms with Crippen LogP contribution in [0.25, 0.3) is 0 Å². The van der Waals surface area contributed by atoms with Gasteiger partial charge in [0, 0.05) is 35.0 Å². The highest BCUT2D eigenvalue weighted by molar-refractivity contribution is 5.77. The van der Waals surface area contributed by atoms with Gasteiger partial charge in [0.2, 0.25) is 17.7 Å². The highest BCUT2D eigenvalue weighted by Crippen LogP contribution is 1.82. The van der Waals surface area contributed by atoms with E-state index in [4.69, 9.17) is 11.2 Å². The zero-order valence-corrected chi connectivity index (χ0v) is 15.6. The van der Waals surface area contributed by atoms with E-state index < -0.39 is 0 Å². The highest BCUT2D eigenvalue weighted by Gasteiger charge is 1.86. The van der Waals surface area contributed by atoms with Crippen molar-refractivity contribution in [3.63, 3.8) is 0 Å². The molecule has 0 fully saturated rings. The Bertz CT molecular complexity index is 527. The molecular formula is C18H26N3O4-. The van der Waals surface area contributed by atoms with E-state index in [-0.39, 0.29) is 24.1 Å². The Morgan fingerprint density at radius 3 is 1.64 bits per heavy atom. The lowest BCUT2D eigenvalue weighted by Gasteiger charge is -1.97. The second-order valence-corrected chi connectivity index (χ2v) is 3.59. The summed E-state index contributed by atoms with van der Waals surface area (Å²) in [6, 6.07) is 0. The maximum Gasteiger partial charge on any atom is 0.216 e. The fourth-order valence-corrected chi connectivity index (χ4v) is 0.400. The van der Waals surface area contributed by atoms with E-state index in [0.29, 0.717) is 0 Å². The van der Waals surface area contributed by atoms with Gasteiger partial charge in [0.1, 0.15) is 6.29 Å². The van der Waals surface area contributed by atoms with Crippen LogP contribution in [0.3, 0.4) is 0 Å². The lowest BCUT2D eigenvalue weighted by molar-refractivity contribution is -0.120. The lowest BCUT2D eigenvalue weighted by atomic mass is 10.3. The number of carbonyl (C=O) groups is 4. The van der Waals surface area contributed by atoms with Gasteiger partial charge in [0.25, 0.3) is 0 Å². The lowest BCUT2D eigenvalue weighted by Crippen LogP contribution is -2.16. The molecule has 0 aliphatic rings. The summed E-state index contributed by atoms with van der Waals surface area (Å²) in [4.78, 5) is 38.8. The van der Waals surface area contributed by atoms with Gasteiger partial charge >= 0.3 is 0 Å². The van der Waals surface area contributed by atoms with Crippen LogP contribution in [0, 0.1) is 42.4 Å². The molecule has 0 rings (SSSR count). The molecule has 0 saturated heterocycles. The Balaban J connectivity index is -0.000000140. The van der Waals surface area contributed by atoms with E-state index in [1.54, 1.807) is 21.1 Å². The minimum atomic E-state index is -0.0748. The quantitative estimate of drug-likeness (QED) is 0.361. The first-order valence-electron chi connectivity index (χ1n) is 7.01. The first-order chi connectivity index (χ1) is 11.8. The molecule has 0 bridgehead atoms. The Morgan fingerprint density at radius 2 is 1.36 bits per heavy atom. The first-order valence-corrected chi connectivity index (χ1v) is 7.01. The maximum atomic E-state index is 10.6. The van der Waals surface area contributed by atoms with E-state index in [1.807, 2.05) is 0 Å². The third-order valence-corrected chi connectivity index (χ3v) is 1.64. The van der Waals surface area contributed by atoms with Crippen LogP contribution in [0.4, 0.5) is 0 Å². The molecule has 25 heavy (non-hydrogen) atoms. The van der Waals surface area contributed by atoms with Crippen molar-refractivity contribution in [1.82, 2.24) is 16.0 Å². The molecule has 3 amide bonds. The second-order valence-electron chi connectivity index (χ2n) is 3.59. The van der Waals surface area contributed by atoms with E-state index in [0.717, 1.165) is 6.29 Å². The van der Waals surface area contributed by atoms with Gasteiger partial charge in [0.05, 0.1) is 0 Å². The van der Waals surface area contributed by atoms with Gasteiger partial charge < -0.3 is 20.7 Å². The summed E-state index contributed by atoms with van der Waals surface area (Å²) >= 11 is 0. The molecule has 0 unspecified atom stereocenters. The smallest absolute Gasteiger partial charge is 0.216 e. The van der Waals surface area contributed by atoms with Crippen molar-refractivity contribution < 1.29 is 19.2 Å². The Labute approximate surface area is 150 Å². The molecule has 0 radical (unpaired) electrons. The van der Waals surface area contributed by atoms with Crippen molar-refractivity contribution in [2.75, 3.05) is 21.1 Å². The Morgan fingerprint density at radius 1 is 0.960 bits per heavy atom. The number of terminal acetylenes is 1. The third-order valence-electron chi connectivity index (χ3n) is 1.64. The van der Waals surface area contributed by atoms with Crippen molar-refractivity contribution in [3.8, 4) is 36.0 Å². The monoisotopic (exact) mass is 348 g/mol. The van der Waals surface area contributed by atoms with E-state index in [2.05, 4.69) is 45.6 Å². The van der Waals surface area contributed by atoms with Gasteiger partial charge in [-0.25, -0.2) is 5.92 Å². The van der Waals surface area contributed by atoms with E-state index >= 15 is 0 Å². The average Bonchev–Trinajstić information content (AvgIpc) is 2.59. The Kier molecular flexibility index (Phi) is 34.1. The van der Waals surface area contributed by atoms with Crippen molar-refractivity contribution in [2.45, 2.75) is 27.2 Å². The van der Waals surface area contributed by atoms with Crippen molar-refractivity contribution in [3.05, 3.63) is 6.42 Å². The van der Waals surface area contributed by atoms with E-state index in [1.165, 1.54) is 27.2 Å². The zero-order chi connectivity index (χ0) is 20.5. The molecule has 0 heterocycles. The number of amides is 3. The standard InChI is InChI=1S/C10H8NO.2C3H7NO.C2H4O/c1-3-4-5-6-7-8-9-10(12)11-2;2*1-3(5)4-2;1-2-3/h1,8H,9H2,2H3,(H,11,12);2*1-2H3,(H,4,5);2H,1H3/q-1;;;. The Hall–Kier alpha value is -3.37. The molecule has 0 aromatic rings. The fourth-order valence-electron chi connectivity index (χ4n) is 0.400. The topological polar surface area (TPSA) is 104 Å². The van der Waals surface area contributed by atoms with Gasteiger partial charge in [-0.3, -0.25) is 20.3 Å². The molecule has 138 valence electrons. The molecule has 0 aliphatic heterocycles. The van der Waals surface area contributed by atoms with Gasteiger partial charge in [0.15, 0.2) is 0 Å². The van der Waals surface area contributed by atoms with Gasteiger partial charge in [-0.2, -0.15) is 6.42 Å². The fraction of sp³-hybridized carbons (Fsp3) is 0.389. The second kappa shape index (κ2) is 28.7. The molecule has 0 atom stereocenters. The molecule has 0 aromatic carbocycles. The molecule has 0 spiro atoms. The average molecular weight is 348 g/mol. The van der Waals surface area contributed by atoms with Gasteiger partial charge in [-0.05, 0) is 25.2 Å². The number of nitrogens with one attached hydrogen (secondary N) is 3.